The average molecular weight is 363 g/mol. The first-order valence-electron chi connectivity index (χ1n) is 8.22. The zero-order valence-electron chi connectivity index (χ0n) is 15.1. The van der Waals surface area contributed by atoms with E-state index in [2.05, 4.69) is 21.6 Å². The fourth-order valence-electron chi connectivity index (χ4n) is 2.16. The highest BCUT2D eigenvalue weighted by Gasteiger charge is 2.14. The molecular formula is C17H25N5O2S. The highest BCUT2D eigenvalue weighted by Crippen LogP contribution is 2.20. The quantitative estimate of drug-likeness (QED) is 0.551. The van der Waals surface area contributed by atoms with Gasteiger partial charge in [0.2, 0.25) is 11.1 Å². The van der Waals surface area contributed by atoms with Crippen LogP contribution in [0.2, 0.25) is 0 Å². The molecule has 0 saturated heterocycles. The summed E-state index contributed by atoms with van der Waals surface area (Å²) < 4.78 is 7.14. The number of nitrogens with two attached hydrogens (primary N) is 1. The fourth-order valence-corrected chi connectivity index (χ4v) is 2.84. The number of nitrogens with one attached hydrogen (secondary N) is 1. The number of hydrogen-bond acceptors (Lipinski definition) is 6. The Labute approximate surface area is 152 Å². The molecule has 1 atom stereocenters. The van der Waals surface area contributed by atoms with E-state index in [4.69, 9.17) is 10.6 Å². The number of amides is 1. The molecule has 0 radical (unpaired) electrons. The number of carbonyl (C=O) groups is 1. The van der Waals surface area contributed by atoms with Gasteiger partial charge in [-0.2, -0.15) is 0 Å². The molecule has 2 aromatic rings. The standard InChI is InChI=1S/C17H25N5O2S/c1-5-13(4)19-16(23)10-25-17-21-20-15(22(17)18)9-24-14-7-6-11(2)8-12(14)3/h6-8,13H,5,9-10,18H2,1-4H3,(H,19,23)/t13-/m1/s1. The van der Waals surface area contributed by atoms with Crippen molar-refractivity contribution in [3.8, 4) is 5.75 Å². The summed E-state index contributed by atoms with van der Waals surface area (Å²) in [5.74, 6) is 7.50. The van der Waals surface area contributed by atoms with Crippen molar-refractivity contribution in [1.82, 2.24) is 20.2 Å². The molecule has 8 heteroatoms. The minimum absolute atomic E-state index is 0.0459. The molecule has 25 heavy (non-hydrogen) atoms. The second-order valence-electron chi connectivity index (χ2n) is 5.99. The van der Waals surface area contributed by atoms with E-state index in [1.54, 1.807) is 0 Å². The lowest BCUT2D eigenvalue weighted by Gasteiger charge is -2.11. The number of benzene rings is 1. The van der Waals surface area contributed by atoms with Gasteiger partial charge in [-0.05, 0) is 38.8 Å². The Morgan fingerprint density at radius 3 is 2.84 bits per heavy atom. The number of ether oxygens (including phenoxy) is 1. The van der Waals surface area contributed by atoms with Crippen LogP contribution in [0.3, 0.4) is 0 Å². The topological polar surface area (TPSA) is 95.1 Å². The van der Waals surface area contributed by atoms with E-state index in [0.717, 1.165) is 17.7 Å². The molecule has 1 amide bonds. The number of rotatable bonds is 8. The van der Waals surface area contributed by atoms with Gasteiger partial charge in [0, 0.05) is 6.04 Å². The summed E-state index contributed by atoms with van der Waals surface area (Å²) in [6.45, 7) is 8.24. The van der Waals surface area contributed by atoms with E-state index < -0.39 is 0 Å². The molecule has 0 fully saturated rings. The molecule has 1 aromatic carbocycles. The maximum atomic E-state index is 11.8. The van der Waals surface area contributed by atoms with Crippen LogP contribution in [0.5, 0.6) is 5.75 Å². The van der Waals surface area contributed by atoms with Gasteiger partial charge in [0.1, 0.15) is 12.4 Å². The summed E-state index contributed by atoms with van der Waals surface area (Å²) in [6.07, 6.45) is 0.892. The lowest BCUT2D eigenvalue weighted by molar-refractivity contribution is -0.119. The maximum absolute atomic E-state index is 11.8. The van der Waals surface area contributed by atoms with Crippen LogP contribution in [0.1, 0.15) is 37.2 Å². The molecule has 0 spiro atoms. The molecular weight excluding hydrogens is 338 g/mol. The van der Waals surface area contributed by atoms with Gasteiger partial charge in [0.05, 0.1) is 5.75 Å². The normalized spacial score (nSPS) is 12.0. The summed E-state index contributed by atoms with van der Waals surface area (Å²) in [5.41, 5.74) is 2.24. The predicted molar refractivity (Wildman–Crippen MR) is 99.0 cm³/mol. The molecule has 2 rings (SSSR count). The fraction of sp³-hybridized carbons (Fsp3) is 0.471. The zero-order valence-corrected chi connectivity index (χ0v) is 15.9. The third-order valence-corrected chi connectivity index (χ3v) is 4.72. The molecule has 0 bridgehead atoms. The molecule has 3 N–H and O–H groups in total. The number of carbonyl (C=O) groups excluding carboxylic acids is 1. The predicted octanol–water partition coefficient (Wildman–Crippen LogP) is 2.19. The Kier molecular flexibility index (Phi) is 6.69. The van der Waals surface area contributed by atoms with E-state index in [9.17, 15) is 4.79 Å². The van der Waals surface area contributed by atoms with E-state index in [1.807, 2.05) is 39.8 Å². The van der Waals surface area contributed by atoms with Crippen molar-refractivity contribution in [3.63, 3.8) is 0 Å². The van der Waals surface area contributed by atoms with E-state index in [-0.39, 0.29) is 24.3 Å². The van der Waals surface area contributed by atoms with Gasteiger partial charge in [-0.25, -0.2) is 4.68 Å². The highest BCUT2D eigenvalue weighted by atomic mass is 32.2. The summed E-state index contributed by atoms with van der Waals surface area (Å²) in [5, 5.41) is 11.5. The molecule has 136 valence electrons. The Morgan fingerprint density at radius 1 is 1.40 bits per heavy atom. The van der Waals surface area contributed by atoms with Crippen LogP contribution in [-0.4, -0.2) is 32.6 Å². The van der Waals surface area contributed by atoms with Crippen LogP contribution in [0.15, 0.2) is 23.4 Å². The molecule has 0 aliphatic rings. The summed E-state index contributed by atoms with van der Waals surface area (Å²) >= 11 is 1.25. The Morgan fingerprint density at radius 2 is 2.16 bits per heavy atom. The van der Waals surface area contributed by atoms with Crippen LogP contribution in [-0.2, 0) is 11.4 Å². The van der Waals surface area contributed by atoms with Crippen molar-refractivity contribution < 1.29 is 9.53 Å². The highest BCUT2D eigenvalue weighted by molar-refractivity contribution is 7.99. The monoisotopic (exact) mass is 363 g/mol. The molecule has 0 aliphatic heterocycles. The molecule has 7 nitrogen and oxygen atoms in total. The van der Waals surface area contributed by atoms with Gasteiger partial charge >= 0.3 is 0 Å². The van der Waals surface area contributed by atoms with Gasteiger partial charge in [-0.3, -0.25) is 4.79 Å². The molecule has 0 aliphatic carbocycles. The van der Waals surface area contributed by atoms with Gasteiger partial charge in [-0.15, -0.1) is 10.2 Å². The molecule has 1 aromatic heterocycles. The number of aromatic nitrogens is 3. The SMILES string of the molecule is CC[C@@H](C)NC(=O)CSc1nnc(COc2ccc(C)cc2C)n1N. The third kappa shape index (κ3) is 5.38. The number of nitrogens with zero attached hydrogens (tertiary/aromatic N) is 3. The second kappa shape index (κ2) is 8.75. The van der Waals surface area contributed by atoms with E-state index in [1.165, 1.54) is 22.0 Å². The molecule has 0 unspecified atom stereocenters. The van der Waals surface area contributed by atoms with Crippen molar-refractivity contribution in [2.24, 2.45) is 0 Å². The third-order valence-electron chi connectivity index (χ3n) is 3.77. The van der Waals surface area contributed by atoms with Crippen molar-refractivity contribution in [3.05, 3.63) is 35.2 Å². The number of nitrogen functional groups attached to an aromatic ring is 1. The smallest absolute Gasteiger partial charge is 0.230 e. The maximum Gasteiger partial charge on any atom is 0.230 e. The molecule has 0 saturated carbocycles. The van der Waals surface area contributed by atoms with Crippen molar-refractivity contribution in [1.29, 1.82) is 0 Å². The first-order chi connectivity index (χ1) is 11.9. The van der Waals surface area contributed by atoms with Gasteiger partial charge in [-0.1, -0.05) is 36.4 Å². The van der Waals surface area contributed by atoms with Crippen LogP contribution in [0.4, 0.5) is 0 Å². The summed E-state index contributed by atoms with van der Waals surface area (Å²) in [7, 11) is 0. The van der Waals surface area contributed by atoms with E-state index >= 15 is 0 Å². The lowest BCUT2D eigenvalue weighted by Crippen LogP contribution is -2.33. The Bertz CT molecular complexity index is 732. The van der Waals surface area contributed by atoms with Gasteiger partial charge < -0.3 is 15.9 Å². The van der Waals surface area contributed by atoms with Gasteiger partial charge in [0.25, 0.3) is 0 Å². The minimum atomic E-state index is -0.0459. The van der Waals surface area contributed by atoms with Gasteiger partial charge in [0.15, 0.2) is 5.82 Å². The number of hydrogen-bond donors (Lipinski definition) is 2. The Hall–Kier alpha value is -2.22. The largest absolute Gasteiger partial charge is 0.485 e. The van der Waals surface area contributed by atoms with E-state index in [0.29, 0.717) is 11.0 Å². The minimum Gasteiger partial charge on any atom is -0.485 e. The number of thioether (sulfide) groups is 1. The van der Waals surface area contributed by atoms with Crippen molar-refractivity contribution in [2.45, 2.75) is 51.9 Å². The summed E-state index contributed by atoms with van der Waals surface area (Å²) in [4.78, 5) is 11.8. The zero-order chi connectivity index (χ0) is 18.4. The van der Waals surface area contributed by atoms with Crippen LogP contribution >= 0.6 is 11.8 Å². The number of aryl methyl sites for hydroxylation is 2. The van der Waals surface area contributed by atoms with Crippen LogP contribution in [0.25, 0.3) is 0 Å². The Balaban J connectivity index is 1.91. The summed E-state index contributed by atoms with van der Waals surface area (Å²) in [6, 6.07) is 6.13. The first-order valence-corrected chi connectivity index (χ1v) is 9.20. The van der Waals surface area contributed by atoms with Crippen LogP contribution in [0, 0.1) is 13.8 Å². The van der Waals surface area contributed by atoms with Crippen molar-refractivity contribution in [2.75, 3.05) is 11.6 Å². The van der Waals surface area contributed by atoms with Crippen molar-refractivity contribution >= 4 is 17.7 Å². The van der Waals surface area contributed by atoms with Crippen LogP contribution < -0.4 is 15.9 Å². The average Bonchev–Trinajstić information content (AvgIpc) is 2.92. The molecule has 1 heterocycles. The lowest BCUT2D eigenvalue weighted by atomic mass is 10.1. The second-order valence-corrected chi connectivity index (χ2v) is 6.93. The first kappa shape index (κ1) is 19.1.